The molecule has 0 fully saturated rings. The van der Waals surface area contributed by atoms with Crippen molar-refractivity contribution in [2.45, 2.75) is 58.7 Å². The molecule has 0 bridgehead atoms. The van der Waals surface area contributed by atoms with Crippen LogP contribution in [-0.2, 0) is 11.3 Å². The van der Waals surface area contributed by atoms with Crippen LogP contribution >= 0.6 is 0 Å². The Kier molecular flexibility index (Phi) is 7.18. The van der Waals surface area contributed by atoms with E-state index in [9.17, 15) is 9.90 Å². The predicted molar refractivity (Wildman–Crippen MR) is 87.9 cm³/mol. The zero-order valence-electron chi connectivity index (χ0n) is 14.0. The van der Waals surface area contributed by atoms with E-state index in [2.05, 4.69) is 17.6 Å². The number of amides is 1. The maximum atomic E-state index is 11.7. The summed E-state index contributed by atoms with van der Waals surface area (Å²) in [7, 11) is 0. The monoisotopic (exact) mass is 308 g/mol. The van der Waals surface area contributed by atoms with Crippen molar-refractivity contribution in [1.29, 1.82) is 0 Å². The predicted octanol–water partition coefficient (Wildman–Crippen LogP) is 3.18. The van der Waals surface area contributed by atoms with Crippen LogP contribution in [0.15, 0.2) is 24.3 Å². The van der Waals surface area contributed by atoms with Gasteiger partial charge in [-0.1, -0.05) is 25.5 Å². The molecule has 0 aromatic heterocycles. The van der Waals surface area contributed by atoms with Gasteiger partial charge in [-0.2, -0.15) is 0 Å². The SMILES string of the molecule is CCCC(CNC(=O)OC(C)(C)C)NCc1ccc(O)cc1. The lowest BCUT2D eigenvalue weighted by Crippen LogP contribution is -2.42. The third-order valence-corrected chi connectivity index (χ3v) is 3.06. The molecule has 1 atom stereocenters. The lowest BCUT2D eigenvalue weighted by atomic mass is 10.1. The molecule has 0 aliphatic carbocycles. The smallest absolute Gasteiger partial charge is 0.407 e. The molecule has 5 heteroatoms. The second kappa shape index (κ2) is 8.63. The molecular formula is C17H28N2O3. The van der Waals surface area contributed by atoms with E-state index in [0.29, 0.717) is 13.1 Å². The second-order valence-electron chi connectivity index (χ2n) is 6.42. The standard InChI is InChI=1S/C17H28N2O3/c1-5-6-14(12-19-16(21)22-17(2,3)4)18-11-13-7-9-15(20)10-8-13/h7-10,14,18,20H,5-6,11-12H2,1-4H3,(H,19,21). The number of phenols is 1. The highest BCUT2D eigenvalue weighted by Crippen LogP contribution is 2.10. The molecule has 1 rings (SSSR count). The van der Waals surface area contributed by atoms with Crippen molar-refractivity contribution < 1.29 is 14.6 Å². The summed E-state index contributed by atoms with van der Waals surface area (Å²) in [6, 6.07) is 7.29. The number of carbonyl (C=O) groups is 1. The van der Waals surface area contributed by atoms with E-state index in [1.54, 1.807) is 12.1 Å². The van der Waals surface area contributed by atoms with E-state index >= 15 is 0 Å². The van der Waals surface area contributed by atoms with Crippen LogP contribution in [0.5, 0.6) is 5.75 Å². The summed E-state index contributed by atoms with van der Waals surface area (Å²) >= 11 is 0. The molecule has 22 heavy (non-hydrogen) atoms. The number of benzene rings is 1. The molecule has 0 saturated carbocycles. The Labute approximate surface area is 133 Å². The van der Waals surface area contributed by atoms with E-state index < -0.39 is 5.60 Å². The van der Waals surface area contributed by atoms with Crippen LogP contribution < -0.4 is 10.6 Å². The van der Waals surface area contributed by atoms with Gasteiger partial charge < -0.3 is 20.5 Å². The minimum absolute atomic E-state index is 0.186. The molecule has 124 valence electrons. The summed E-state index contributed by atoms with van der Waals surface area (Å²) in [6.07, 6.45) is 1.61. The molecule has 0 aliphatic rings. The van der Waals surface area contributed by atoms with Crippen molar-refractivity contribution in [3.8, 4) is 5.75 Å². The molecular weight excluding hydrogens is 280 g/mol. The largest absolute Gasteiger partial charge is 0.508 e. The summed E-state index contributed by atoms with van der Waals surface area (Å²) in [4.78, 5) is 11.7. The van der Waals surface area contributed by atoms with E-state index in [1.165, 1.54) is 0 Å². The van der Waals surface area contributed by atoms with Crippen LogP contribution in [-0.4, -0.2) is 29.4 Å². The summed E-state index contributed by atoms with van der Waals surface area (Å²) in [6.45, 7) is 8.88. The number of carbonyl (C=O) groups excluding carboxylic acids is 1. The molecule has 0 saturated heterocycles. The maximum absolute atomic E-state index is 11.7. The average molecular weight is 308 g/mol. The van der Waals surface area contributed by atoms with Gasteiger partial charge in [0.05, 0.1) is 0 Å². The molecule has 1 aromatic carbocycles. The Bertz CT molecular complexity index is 452. The lowest BCUT2D eigenvalue weighted by Gasteiger charge is -2.22. The highest BCUT2D eigenvalue weighted by molar-refractivity contribution is 5.67. The third-order valence-electron chi connectivity index (χ3n) is 3.06. The van der Waals surface area contributed by atoms with Gasteiger partial charge >= 0.3 is 6.09 Å². The number of rotatable bonds is 7. The number of hydrogen-bond donors (Lipinski definition) is 3. The molecule has 5 nitrogen and oxygen atoms in total. The van der Waals surface area contributed by atoms with E-state index in [1.807, 2.05) is 32.9 Å². The molecule has 0 radical (unpaired) electrons. The van der Waals surface area contributed by atoms with E-state index in [-0.39, 0.29) is 17.9 Å². The van der Waals surface area contributed by atoms with Crippen LogP contribution in [0.4, 0.5) is 4.79 Å². The van der Waals surface area contributed by atoms with Gasteiger partial charge in [-0.3, -0.25) is 0 Å². The first-order valence-corrected chi connectivity index (χ1v) is 7.78. The number of ether oxygens (including phenoxy) is 1. The van der Waals surface area contributed by atoms with E-state index in [0.717, 1.165) is 18.4 Å². The number of aromatic hydroxyl groups is 1. The maximum Gasteiger partial charge on any atom is 0.407 e. The van der Waals surface area contributed by atoms with Crippen molar-refractivity contribution >= 4 is 6.09 Å². The third kappa shape index (κ3) is 7.88. The minimum Gasteiger partial charge on any atom is -0.508 e. The fraction of sp³-hybridized carbons (Fsp3) is 0.588. The highest BCUT2D eigenvalue weighted by atomic mass is 16.6. The van der Waals surface area contributed by atoms with Gasteiger partial charge in [0.25, 0.3) is 0 Å². The number of phenolic OH excluding ortho intramolecular Hbond substituents is 1. The first-order chi connectivity index (χ1) is 10.3. The van der Waals surface area contributed by atoms with Crippen LogP contribution in [0.25, 0.3) is 0 Å². The van der Waals surface area contributed by atoms with Gasteiger partial charge in [-0.15, -0.1) is 0 Å². The van der Waals surface area contributed by atoms with Crippen molar-refractivity contribution in [3.05, 3.63) is 29.8 Å². The summed E-state index contributed by atoms with van der Waals surface area (Å²) < 4.78 is 5.24. The average Bonchev–Trinajstić information content (AvgIpc) is 2.42. The molecule has 1 aromatic rings. The Morgan fingerprint density at radius 3 is 2.45 bits per heavy atom. The molecule has 0 aliphatic heterocycles. The molecule has 1 amide bonds. The second-order valence-corrected chi connectivity index (χ2v) is 6.42. The van der Waals surface area contributed by atoms with Crippen molar-refractivity contribution in [1.82, 2.24) is 10.6 Å². The fourth-order valence-electron chi connectivity index (χ4n) is 2.02. The Balaban J connectivity index is 2.41. The number of nitrogens with one attached hydrogen (secondary N) is 2. The first kappa shape index (κ1) is 18.3. The van der Waals surface area contributed by atoms with Crippen molar-refractivity contribution in [2.75, 3.05) is 6.54 Å². The lowest BCUT2D eigenvalue weighted by molar-refractivity contribution is 0.0521. The van der Waals surface area contributed by atoms with Crippen molar-refractivity contribution in [2.24, 2.45) is 0 Å². The summed E-state index contributed by atoms with van der Waals surface area (Å²) in [5.74, 6) is 0.264. The fourth-order valence-corrected chi connectivity index (χ4v) is 2.02. The van der Waals surface area contributed by atoms with Crippen LogP contribution in [0.3, 0.4) is 0 Å². The Hall–Kier alpha value is -1.75. The Morgan fingerprint density at radius 2 is 1.91 bits per heavy atom. The summed E-state index contributed by atoms with van der Waals surface area (Å²) in [5, 5.41) is 15.5. The van der Waals surface area contributed by atoms with E-state index in [4.69, 9.17) is 4.74 Å². The van der Waals surface area contributed by atoms with Gasteiger partial charge in [0, 0.05) is 19.1 Å². The van der Waals surface area contributed by atoms with Gasteiger partial charge in [-0.25, -0.2) is 4.79 Å². The Morgan fingerprint density at radius 1 is 1.27 bits per heavy atom. The normalized spacial score (nSPS) is 12.7. The molecule has 1 unspecified atom stereocenters. The minimum atomic E-state index is -0.482. The first-order valence-electron chi connectivity index (χ1n) is 7.78. The summed E-state index contributed by atoms with van der Waals surface area (Å²) in [5.41, 5.74) is 0.611. The number of alkyl carbamates (subject to hydrolysis) is 1. The topological polar surface area (TPSA) is 70.6 Å². The van der Waals surface area contributed by atoms with Gasteiger partial charge in [0.1, 0.15) is 11.4 Å². The molecule has 3 N–H and O–H groups in total. The molecule has 0 heterocycles. The quantitative estimate of drug-likeness (QED) is 0.723. The zero-order chi connectivity index (χ0) is 16.6. The van der Waals surface area contributed by atoms with Crippen molar-refractivity contribution in [3.63, 3.8) is 0 Å². The van der Waals surface area contributed by atoms with Gasteiger partial charge in [0.2, 0.25) is 0 Å². The van der Waals surface area contributed by atoms with Gasteiger partial charge in [0.15, 0.2) is 0 Å². The zero-order valence-corrected chi connectivity index (χ0v) is 14.0. The van der Waals surface area contributed by atoms with Gasteiger partial charge in [-0.05, 0) is 44.9 Å². The number of hydrogen-bond acceptors (Lipinski definition) is 4. The molecule has 0 spiro atoms. The van der Waals surface area contributed by atoms with Crippen LogP contribution in [0, 0.1) is 0 Å². The van der Waals surface area contributed by atoms with Crippen LogP contribution in [0.1, 0.15) is 46.1 Å². The highest BCUT2D eigenvalue weighted by Gasteiger charge is 2.17. The van der Waals surface area contributed by atoms with Crippen LogP contribution in [0.2, 0.25) is 0 Å².